The first-order chi connectivity index (χ1) is 12.7. The summed E-state index contributed by atoms with van der Waals surface area (Å²) in [7, 11) is 0. The quantitative estimate of drug-likeness (QED) is 0.600. The maximum absolute atomic E-state index is 12.3. The molecule has 0 fully saturated rings. The lowest BCUT2D eigenvalue weighted by Crippen LogP contribution is -2.19. The van der Waals surface area contributed by atoms with Gasteiger partial charge in [-0.15, -0.1) is 11.8 Å². The largest absolute Gasteiger partial charge is 0.334 e. The highest BCUT2D eigenvalue weighted by molar-refractivity contribution is 8.14. The van der Waals surface area contributed by atoms with Crippen molar-refractivity contribution in [2.24, 2.45) is 4.99 Å². The van der Waals surface area contributed by atoms with Crippen LogP contribution in [-0.4, -0.2) is 23.1 Å². The molecule has 3 aromatic rings. The van der Waals surface area contributed by atoms with Gasteiger partial charge in [-0.1, -0.05) is 48.2 Å². The van der Waals surface area contributed by atoms with Crippen LogP contribution in [0.15, 0.2) is 70.6 Å². The highest BCUT2D eigenvalue weighted by atomic mass is 32.2. The van der Waals surface area contributed by atoms with Crippen LogP contribution in [0.25, 0.3) is 10.8 Å². The van der Waals surface area contributed by atoms with Crippen molar-refractivity contribution in [1.29, 1.82) is 0 Å². The number of thioether (sulfide) groups is 2. The SMILES string of the molecule is CSc1ccccc1NC(=O)CSC1=Nc2cccc3cccc(c23)N1. The summed E-state index contributed by atoms with van der Waals surface area (Å²) in [5.74, 6) is 0.255. The number of nitrogens with one attached hydrogen (secondary N) is 2. The third-order valence-electron chi connectivity index (χ3n) is 4.07. The number of carbonyl (C=O) groups is 1. The lowest BCUT2D eigenvalue weighted by atomic mass is 10.1. The van der Waals surface area contributed by atoms with E-state index in [1.54, 1.807) is 11.8 Å². The molecule has 6 heteroatoms. The van der Waals surface area contributed by atoms with Gasteiger partial charge in [0, 0.05) is 10.3 Å². The second-order valence-electron chi connectivity index (χ2n) is 5.76. The fourth-order valence-corrected chi connectivity index (χ4v) is 4.15. The average Bonchev–Trinajstić information content (AvgIpc) is 2.67. The van der Waals surface area contributed by atoms with E-state index in [4.69, 9.17) is 0 Å². The van der Waals surface area contributed by atoms with E-state index < -0.39 is 0 Å². The first-order valence-corrected chi connectivity index (χ1v) is 10.4. The van der Waals surface area contributed by atoms with E-state index in [1.165, 1.54) is 11.8 Å². The predicted octanol–water partition coefficient (Wildman–Crippen LogP) is 5.35. The Morgan fingerprint density at radius 1 is 1.08 bits per heavy atom. The Bertz CT molecular complexity index is 1010. The number of para-hydroxylation sites is 1. The molecule has 1 aliphatic heterocycles. The number of hydrogen-bond acceptors (Lipinski definition) is 5. The van der Waals surface area contributed by atoms with Gasteiger partial charge in [0.15, 0.2) is 5.17 Å². The van der Waals surface area contributed by atoms with Gasteiger partial charge in [-0.2, -0.15) is 0 Å². The minimum absolute atomic E-state index is 0.0435. The van der Waals surface area contributed by atoms with Crippen molar-refractivity contribution in [3.63, 3.8) is 0 Å². The number of nitrogens with zero attached hydrogens (tertiary/aromatic N) is 1. The lowest BCUT2D eigenvalue weighted by molar-refractivity contribution is -0.113. The molecule has 0 saturated carbocycles. The van der Waals surface area contributed by atoms with Gasteiger partial charge in [0.1, 0.15) is 0 Å². The summed E-state index contributed by atoms with van der Waals surface area (Å²) in [6.07, 6.45) is 2.00. The van der Waals surface area contributed by atoms with Gasteiger partial charge in [0.2, 0.25) is 5.91 Å². The summed E-state index contributed by atoms with van der Waals surface area (Å²) in [6, 6.07) is 20.0. The van der Waals surface area contributed by atoms with Crippen molar-refractivity contribution in [2.45, 2.75) is 4.90 Å². The number of benzene rings is 3. The average molecular weight is 380 g/mol. The Morgan fingerprint density at radius 3 is 2.73 bits per heavy atom. The van der Waals surface area contributed by atoms with Gasteiger partial charge in [-0.3, -0.25) is 4.79 Å². The van der Waals surface area contributed by atoms with Crippen molar-refractivity contribution >= 4 is 62.4 Å². The Kier molecular flexibility index (Phi) is 4.86. The molecule has 0 unspecified atom stereocenters. The molecular formula is C20H17N3OS2. The van der Waals surface area contributed by atoms with Crippen LogP contribution in [0.5, 0.6) is 0 Å². The molecule has 0 bridgehead atoms. The molecule has 1 heterocycles. The van der Waals surface area contributed by atoms with Crippen LogP contribution in [0.4, 0.5) is 17.1 Å². The molecule has 1 aliphatic rings. The van der Waals surface area contributed by atoms with E-state index in [0.29, 0.717) is 5.75 Å². The Labute approximate surface area is 160 Å². The molecule has 1 amide bonds. The van der Waals surface area contributed by atoms with Crippen molar-refractivity contribution in [3.8, 4) is 0 Å². The molecule has 0 atom stereocenters. The fourth-order valence-electron chi connectivity index (χ4n) is 2.91. The van der Waals surface area contributed by atoms with Gasteiger partial charge in [-0.05, 0) is 35.9 Å². The third-order valence-corrected chi connectivity index (χ3v) is 5.74. The zero-order valence-electron chi connectivity index (χ0n) is 14.2. The molecule has 4 rings (SSSR count). The van der Waals surface area contributed by atoms with Crippen LogP contribution in [0.2, 0.25) is 0 Å². The van der Waals surface area contributed by atoms with Crippen molar-refractivity contribution in [2.75, 3.05) is 22.6 Å². The summed E-state index contributed by atoms with van der Waals surface area (Å²) in [6.45, 7) is 0. The summed E-state index contributed by atoms with van der Waals surface area (Å²) >= 11 is 3.02. The molecule has 2 N–H and O–H groups in total. The van der Waals surface area contributed by atoms with Gasteiger partial charge >= 0.3 is 0 Å². The van der Waals surface area contributed by atoms with Gasteiger partial charge in [0.25, 0.3) is 0 Å². The standard InChI is InChI=1S/C20H17N3OS2/c1-25-17-11-3-2-8-14(17)21-18(24)12-26-20-22-15-9-4-6-13-7-5-10-16(23-20)19(13)15/h2-11H,12H2,1H3,(H,21,24)(H,22,23). The zero-order valence-corrected chi connectivity index (χ0v) is 15.8. The van der Waals surface area contributed by atoms with Crippen LogP contribution >= 0.6 is 23.5 Å². The Balaban J connectivity index is 1.46. The maximum Gasteiger partial charge on any atom is 0.234 e. The van der Waals surface area contributed by atoms with Crippen LogP contribution in [0.3, 0.4) is 0 Å². The van der Waals surface area contributed by atoms with Gasteiger partial charge in [0.05, 0.1) is 22.8 Å². The summed E-state index contributed by atoms with van der Waals surface area (Å²) in [4.78, 5) is 18.1. The Hall–Kier alpha value is -2.44. The number of anilines is 2. The number of amides is 1. The molecule has 0 aromatic heterocycles. The van der Waals surface area contributed by atoms with Crippen LogP contribution in [0.1, 0.15) is 0 Å². The van der Waals surface area contributed by atoms with E-state index in [9.17, 15) is 4.79 Å². The molecular weight excluding hydrogens is 362 g/mol. The van der Waals surface area contributed by atoms with Crippen LogP contribution < -0.4 is 10.6 Å². The first kappa shape index (κ1) is 17.0. The number of amidine groups is 1. The monoisotopic (exact) mass is 379 g/mol. The number of hydrogen-bond donors (Lipinski definition) is 2. The summed E-state index contributed by atoms with van der Waals surface area (Å²) in [5, 5.41) is 9.33. The van der Waals surface area contributed by atoms with Crippen molar-refractivity contribution in [1.82, 2.24) is 0 Å². The molecule has 4 nitrogen and oxygen atoms in total. The second-order valence-corrected chi connectivity index (χ2v) is 7.57. The van der Waals surface area contributed by atoms with Crippen LogP contribution in [-0.2, 0) is 4.79 Å². The summed E-state index contributed by atoms with van der Waals surface area (Å²) in [5.41, 5.74) is 2.82. The van der Waals surface area contributed by atoms with E-state index in [2.05, 4.69) is 27.8 Å². The van der Waals surface area contributed by atoms with E-state index in [0.717, 1.165) is 37.9 Å². The number of rotatable bonds is 4. The number of aliphatic imine (C=N–C) groups is 1. The zero-order chi connectivity index (χ0) is 17.9. The maximum atomic E-state index is 12.3. The molecule has 0 spiro atoms. The summed E-state index contributed by atoms with van der Waals surface area (Å²) < 4.78 is 0. The topological polar surface area (TPSA) is 53.5 Å². The fraction of sp³-hybridized carbons (Fsp3) is 0.100. The van der Waals surface area contributed by atoms with E-state index in [1.807, 2.05) is 54.8 Å². The van der Waals surface area contributed by atoms with Crippen molar-refractivity contribution < 1.29 is 4.79 Å². The van der Waals surface area contributed by atoms with E-state index in [-0.39, 0.29) is 5.91 Å². The van der Waals surface area contributed by atoms with Crippen molar-refractivity contribution in [3.05, 3.63) is 60.7 Å². The minimum Gasteiger partial charge on any atom is -0.334 e. The Morgan fingerprint density at radius 2 is 1.88 bits per heavy atom. The second kappa shape index (κ2) is 7.43. The smallest absolute Gasteiger partial charge is 0.234 e. The third kappa shape index (κ3) is 3.43. The molecule has 3 aromatic carbocycles. The predicted molar refractivity (Wildman–Crippen MR) is 114 cm³/mol. The lowest BCUT2D eigenvalue weighted by Gasteiger charge is -2.18. The first-order valence-electron chi connectivity index (χ1n) is 8.18. The molecule has 26 heavy (non-hydrogen) atoms. The highest BCUT2D eigenvalue weighted by Gasteiger charge is 2.16. The normalized spacial score (nSPS) is 12.4. The highest BCUT2D eigenvalue weighted by Crippen LogP contribution is 2.36. The molecule has 0 saturated heterocycles. The number of carbonyl (C=O) groups excluding carboxylic acids is 1. The van der Waals surface area contributed by atoms with Crippen LogP contribution in [0, 0.1) is 0 Å². The molecule has 0 radical (unpaired) electrons. The minimum atomic E-state index is -0.0435. The van der Waals surface area contributed by atoms with Gasteiger partial charge in [-0.25, -0.2) is 4.99 Å². The van der Waals surface area contributed by atoms with Gasteiger partial charge < -0.3 is 10.6 Å². The van der Waals surface area contributed by atoms with E-state index >= 15 is 0 Å². The molecule has 130 valence electrons. The molecule has 0 aliphatic carbocycles.